The van der Waals surface area contributed by atoms with Gasteiger partial charge in [-0.15, -0.1) is 11.3 Å². The molecule has 1 aromatic heterocycles. The summed E-state index contributed by atoms with van der Waals surface area (Å²) in [5.74, 6) is -0.209. The molecule has 0 unspecified atom stereocenters. The highest BCUT2D eigenvalue weighted by Crippen LogP contribution is 2.51. The Morgan fingerprint density at radius 3 is 2.79 bits per heavy atom. The van der Waals surface area contributed by atoms with Crippen LogP contribution < -0.4 is 10.5 Å². The van der Waals surface area contributed by atoms with E-state index >= 15 is 0 Å². The molecule has 0 saturated heterocycles. The van der Waals surface area contributed by atoms with Crippen LogP contribution >= 0.6 is 22.9 Å². The zero-order chi connectivity index (χ0) is 17.4. The van der Waals surface area contributed by atoms with Crippen molar-refractivity contribution in [3.8, 4) is 0 Å². The van der Waals surface area contributed by atoms with Gasteiger partial charge < -0.3 is 5.73 Å². The lowest BCUT2D eigenvalue weighted by Crippen LogP contribution is -2.46. The highest BCUT2D eigenvalue weighted by molar-refractivity contribution is 7.91. The summed E-state index contributed by atoms with van der Waals surface area (Å²) in [5.41, 5.74) is 4.94. The van der Waals surface area contributed by atoms with Gasteiger partial charge in [-0.05, 0) is 49.8 Å². The predicted octanol–water partition coefficient (Wildman–Crippen LogP) is 3.06. The van der Waals surface area contributed by atoms with Crippen LogP contribution in [0.15, 0.2) is 28.5 Å². The highest BCUT2D eigenvalue weighted by atomic mass is 35.5. The van der Waals surface area contributed by atoms with Crippen molar-refractivity contribution in [2.24, 2.45) is 17.1 Å². The number of nitrogens with two attached hydrogens (primary N) is 1. The van der Waals surface area contributed by atoms with Crippen LogP contribution in [-0.4, -0.2) is 20.4 Å². The van der Waals surface area contributed by atoms with Gasteiger partial charge >= 0.3 is 0 Å². The molecular formula is C16H21ClN2O3S2. The number of nitrogens with one attached hydrogen (secondary N) is 1. The first-order valence-corrected chi connectivity index (χ1v) is 10.8. The van der Waals surface area contributed by atoms with Gasteiger partial charge in [0, 0.05) is 11.5 Å². The van der Waals surface area contributed by atoms with Crippen LogP contribution in [0.25, 0.3) is 0 Å². The number of primary amides is 1. The van der Waals surface area contributed by atoms with Gasteiger partial charge in [0.1, 0.15) is 4.21 Å². The third-order valence-corrected chi connectivity index (χ3v) is 8.38. The van der Waals surface area contributed by atoms with Gasteiger partial charge in [-0.25, -0.2) is 13.1 Å². The molecule has 1 amide bonds. The molecule has 3 atom stereocenters. The maximum absolute atomic E-state index is 12.8. The van der Waals surface area contributed by atoms with Gasteiger partial charge in [-0.2, -0.15) is 0 Å². The first kappa shape index (κ1) is 17.9. The molecule has 0 spiro atoms. The molecule has 3 N–H and O–H groups in total. The molecule has 2 bridgehead atoms. The molecule has 8 heteroatoms. The minimum Gasteiger partial charge on any atom is -0.366 e. The minimum atomic E-state index is -3.62. The molecule has 0 radical (unpaired) electrons. The fourth-order valence-corrected chi connectivity index (χ4v) is 6.99. The summed E-state index contributed by atoms with van der Waals surface area (Å²) >= 11 is 6.93. The number of fused-ring (bicyclic) bond motifs is 2. The van der Waals surface area contributed by atoms with Crippen LogP contribution in [0.1, 0.15) is 38.5 Å². The second-order valence-electron chi connectivity index (χ2n) is 6.67. The van der Waals surface area contributed by atoms with Gasteiger partial charge in [0.15, 0.2) is 0 Å². The molecule has 24 heavy (non-hydrogen) atoms. The average molecular weight is 389 g/mol. The molecule has 2 aliphatic carbocycles. The van der Waals surface area contributed by atoms with E-state index in [0.717, 1.165) is 49.9 Å². The first-order valence-electron chi connectivity index (χ1n) is 8.09. The van der Waals surface area contributed by atoms with Crippen LogP contribution in [0.5, 0.6) is 0 Å². The number of amides is 1. The highest BCUT2D eigenvalue weighted by Gasteiger charge is 2.49. The minimum absolute atomic E-state index is 0.207. The number of hydrogen-bond acceptors (Lipinski definition) is 4. The molecule has 2 aliphatic rings. The van der Waals surface area contributed by atoms with E-state index in [2.05, 4.69) is 4.72 Å². The van der Waals surface area contributed by atoms with Crippen molar-refractivity contribution in [2.45, 2.75) is 48.8 Å². The van der Waals surface area contributed by atoms with Crippen molar-refractivity contribution < 1.29 is 13.2 Å². The summed E-state index contributed by atoms with van der Waals surface area (Å²) < 4.78 is 29.1. The van der Waals surface area contributed by atoms with Crippen LogP contribution in [0.4, 0.5) is 0 Å². The number of rotatable bonds is 5. The van der Waals surface area contributed by atoms with Gasteiger partial charge in [-0.1, -0.05) is 30.5 Å². The van der Waals surface area contributed by atoms with Crippen LogP contribution in [0.2, 0.25) is 4.34 Å². The van der Waals surface area contributed by atoms with E-state index in [1.165, 1.54) is 12.1 Å². The van der Waals surface area contributed by atoms with E-state index in [1.807, 2.05) is 6.08 Å². The monoisotopic (exact) mass is 388 g/mol. The van der Waals surface area contributed by atoms with Crippen molar-refractivity contribution in [3.63, 3.8) is 0 Å². The Morgan fingerprint density at radius 2 is 2.12 bits per heavy atom. The lowest BCUT2D eigenvalue weighted by atomic mass is 9.78. The second-order valence-corrected chi connectivity index (χ2v) is 10.3. The lowest BCUT2D eigenvalue weighted by Gasteiger charge is -2.33. The Kier molecular flexibility index (Phi) is 5.06. The molecular weight excluding hydrogens is 368 g/mol. The van der Waals surface area contributed by atoms with Crippen molar-refractivity contribution >= 4 is 38.9 Å². The Hall–Kier alpha value is -0.890. The number of hydrogen-bond donors (Lipinski definition) is 2. The number of carbonyl (C=O) groups is 1. The summed E-state index contributed by atoms with van der Waals surface area (Å²) in [6, 6.07) is 2.91. The van der Waals surface area contributed by atoms with Crippen LogP contribution in [0.3, 0.4) is 0 Å². The summed E-state index contributed by atoms with van der Waals surface area (Å²) in [6.45, 7) is 0. The Balaban J connectivity index is 1.92. The standard InChI is InChI=1S/C16H21ClN2O3S2/c17-12-4-5-14(23-12)24(21,22)19-15-11-3-1-2-8-16(15,9-6-11)10-7-13(18)20/h4-5,7,10-11,15,19H,1-3,6,8-9H2,(H2,18,20)/t11-,15+,16+/m1/s1. The molecule has 0 aromatic carbocycles. The van der Waals surface area contributed by atoms with Gasteiger partial charge in [0.2, 0.25) is 15.9 Å². The largest absolute Gasteiger partial charge is 0.366 e. The Morgan fingerprint density at radius 1 is 1.33 bits per heavy atom. The van der Waals surface area contributed by atoms with Crippen molar-refractivity contribution in [1.29, 1.82) is 0 Å². The number of halogens is 1. The van der Waals surface area contributed by atoms with Crippen molar-refractivity contribution in [3.05, 3.63) is 28.6 Å². The van der Waals surface area contributed by atoms with Gasteiger partial charge in [0.05, 0.1) is 4.34 Å². The lowest BCUT2D eigenvalue weighted by molar-refractivity contribution is -0.113. The second kappa shape index (κ2) is 6.78. The number of thiophene rings is 1. The van der Waals surface area contributed by atoms with Gasteiger partial charge in [-0.3, -0.25) is 4.79 Å². The molecule has 0 aliphatic heterocycles. The van der Waals surface area contributed by atoms with E-state index in [4.69, 9.17) is 17.3 Å². The first-order chi connectivity index (χ1) is 11.3. The van der Waals surface area contributed by atoms with Gasteiger partial charge in [0.25, 0.3) is 0 Å². The van der Waals surface area contributed by atoms with Crippen molar-refractivity contribution in [2.75, 3.05) is 0 Å². The van der Waals surface area contributed by atoms with E-state index < -0.39 is 15.9 Å². The molecule has 2 fully saturated rings. The normalized spacial score (nSPS) is 30.5. The third kappa shape index (κ3) is 3.54. The fraction of sp³-hybridized carbons (Fsp3) is 0.562. The maximum atomic E-state index is 12.8. The van der Waals surface area contributed by atoms with E-state index in [1.54, 1.807) is 6.07 Å². The summed E-state index contributed by atoms with van der Waals surface area (Å²) in [4.78, 5) is 11.2. The van der Waals surface area contributed by atoms with Crippen molar-refractivity contribution in [1.82, 2.24) is 4.72 Å². The number of sulfonamides is 1. The maximum Gasteiger partial charge on any atom is 0.250 e. The topological polar surface area (TPSA) is 89.3 Å². The molecule has 3 rings (SSSR count). The summed E-state index contributed by atoms with van der Waals surface area (Å²) in [5, 5.41) is 0. The molecule has 132 valence electrons. The van der Waals surface area contributed by atoms with E-state index in [9.17, 15) is 13.2 Å². The Labute approximate surface area is 151 Å². The quantitative estimate of drug-likeness (QED) is 0.759. The zero-order valence-corrected chi connectivity index (χ0v) is 15.6. The van der Waals surface area contributed by atoms with E-state index in [-0.39, 0.29) is 21.6 Å². The van der Waals surface area contributed by atoms with E-state index in [0.29, 0.717) is 4.34 Å². The zero-order valence-electron chi connectivity index (χ0n) is 13.2. The molecule has 1 heterocycles. The van der Waals surface area contributed by atoms with Crippen LogP contribution in [0, 0.1) is 11.3 Å². The fourth-order valence-electron chi connectivity index (χ4n) is 4.10. The predicted molar refractivity (Wildman–Crippen MR) is 95.4 cm³/mol. The molecule has 5 nitrogen and oxygen atoms in total. The molecule has 2 saturated carbocycles. The summed E-state index contributed by atoms with van der Waals surface area (Å²) in [7, 11) is -3.62. The third-order valence-electron chi connectivity index (χ3n) is 5.21. The van der Waals surface area contributed by atoms with Crippen LogP contribution in [-0.2, 0) is 14.8 Å². The summed E-state index contributed by atoms with van der Waals surface area (Å²) in [6.07, 6.45) is 9.05. The smallest absolute Gasteiger partial charge is 0.250 e. The number of carbonyl (C=O) groups excluding carboxylic acids is 1. The molecule has 1 aromatic rings. The average Bonchev–Trinajstić information content (AvgIpc) is 3.01. The Bertz CT molecular complexity index is 759. The SMILES string of the molecule is NC(=O)C=C[C@]12CCCC[C@H](CC1)[C@@H]2NS(=O)(=O)c1ccc(Cl)s1.